The lowest BCUT2D eigenvalue weighted by Crippen LogP contribution is -2.16. The van der Waals surface area contributed by atoms with Crippen LogP contribution in [0, 0.1) is 17.5 Å². The Hall–Kier alpha value is -2.22. The van der Waals surface area contributed by atoms with Crippen molar-refractivity contribution in [3.63, 3.8) is 0 Å². The molecule has 0 saturated carbocycles. The predicted molar refractivity (Wildman–Crippen MR) is 73.4 cm³/mol. The normalized spacial score (nSPS) is 11.4. The number of hydrogen-bond acceptors (Lipinski definition) is 3. The lowest BCUT2D eigenvalue weighted by Gasteiger charge is -2.09. The van der Waals surface area contributed by atoms with Gasteiger partial charge in [-0.2, -0.15) is 0 Å². The molecule has 2 aromatic rings. The molecule has 0 aliphatic rings. The minimum absolute atomic E-state index is 0.326. The van der Waals surface area contributed by atoms with Crippen LogP contribution in [0.15, 0.2) is 36.4 Å². The van der Waals surface area contributed by atoms with E-state index in [1.165, 1.54) is 24.3 Å². The molecule has 8 heteroatoms. The fraction of sp³-hybridized carbons (Fsp3) is 0.0769. The standard InChI is InChI=1S/C13H11F3N2O2S/c14-9-5-11(15)13(16)12(6-9)18-21(19,20)7-8-1-3-10(17)4-2-8/h1-6,18H,7,17H2. The number of hydrogen-bond donors (Lipinski definition) is 2. The van der Waals surface area contributed by atoms with Gasteiger partial charge in [-0.1, -0.05) is 12.1 Å². The number of nitrogen functional groups attached to an aromatic ring is 1. The molecule has 4 nitrogen and oxygen atoms in total. The quantitative estimate of drug-likeness (QED) is 0.673. The van der Waals surface area contributed by atoms with E-state index in [1.54, 1.807) is 0 Å². The van der Waals surface area contributed by atoms with Crippen molar-refractivity contribution in [2.45, 2.75) is 5.75 Å². The van der Waals surface area contributed by atoms with Crippen LogP contribution in [0.5, 0.6) is 0 Å². The van der Waals surface area contributed by atoms with Crippen molar-refractivity contribution in [2.75, 3.05) is 10.5 Å². The minimum atomic E-state index is -4.02. The fourth-order valence-electron chi connectivity index (χ4n) is 1.67. The van der Waals surface area contributed by atoms with Gasteiger partial charge in [-0.15, -0.1) is 0 Å². The first-order valence-corrected chi connectivity index (χ1v) is 7.41. The van der Waals surface area contributed by atoms with E-state index in [-0.39, 0.29) is 0 Å². The Balaban J connectivity index is 2.24. The SMILES string of the molecule is Nc1ccc(CS(=O)(=O)Nc2cc(F)cc(F)c2F)cc1. The second kappa shape index (κ2) is 5.65. The monoisotopic (exact) mass is 316 g/mol. The van der Waals surface area contributed by atoms with Crippen LogP contribution in [0.1, 0.15) is 5.56 Å². The average Bonchev–Trinajstić information content (AvgIpc) is 2.37. The number of benzene rings is 2. The maximum atomic E-state index is 13.4. The van der Waals surface area contributed by atoms with Gasteiger partial charge in [0, 0.05) is 17.8 Å². The van der Waals surface area contributed by atoms with Crippen LogP contribution < -0.4 is 10.5 Å². The van der Waals surface area contributed by atoms with E-state index in [0.29, 0.717) is 23.4 Å². The van der Waals surface area contributed by atoms with Gasteiger partial charge in [0.25, 0.3) is 0 Å². The summed E-state index contributed by atoms with van der Waals surface area (Å²) >= 11 is 0. The maximum Gasteiger partial charge on any atom is 0.237 e. The molecule has 0 heterocycles. The van der Waals surface area contributed by atoms with E-state index in [9.17, 15) is 21.6 Å². The van der Waals surface area contributed by atoms with Crippen LogP contribution in [0.4, 0.5) is 24.5 Å². The number of sulfonamides is 1. The Bertz CT molecular complexity index is 762. The summed E-state index contributed by atoms with van der Waals surface area (Å²) in [6.07, 6.45) is 0. The number of halogens is 3. The van der Waals surface area contributed by atoms with Crippen molar-refractivity contribution in [1.29, 1.82) is 0 Å². The molecule has 0 bridgehead atoms. The van der Waals surface area contributed by atoms with Gasteiger partial charge < -0.3 is 5.73 Å². The minimum Gasteiger partial charge on any atom is -0.399 e. The van der Waals surface area contributed by atoms with Gasteiger partial charge in [0.2, 0.25) is 10.0 Å². The third-order valence-corrected chi connectivity index (χ3v) is 3.84. The molecule has 0 fully saturated rings. The van der Waals surface area contributed by atoms with Crippen LogP contribution in [0.2, 0.25) is 0 Å². The second-order valence-corrected chi connectivity index (χ2v) is 6.07. The van der Waals surface area contributed by atoms with Crippen LogP contribution in [-0.2, 0) is 15.8 Å². The van der Waals surface area contributed by atoms with Gasteiger partial charge >= 0.3 is 0 Å². The Morgan fingerprint density at radius 2 is 1.67 bits per heavy atom. The summed E-state index contributed by atoms with van der Waals surface area (Å²) < 4.78 is 65.0. The molecular weight excluding hydrogens is 305 g/mol. The highest BCUT2D eigenvalue weighted by Crippen LogP contribution is 2.21. The van der Waals surface area contributed by atoms with Crippen molar-refractivity contribution < 1.29 is 21.6 Å². The molecule has 2 aromatic carbocycles. The Kier molecular flexibility index (Phi) is 4.08. The highest BCUT2D eigenvalue weighted by Gasteiger charge is 2.17. The summed E-state index contributed by atoms with van der Waals surface area (Å²) in [6.45, 7) is 0. The molecule has 0 aliphatic carbocycles. The summed E-state index contributed by atoms with van der Waals surface area (Å²) in [5.41, 5.74) is 5.55. The number of nitrogens with one attached hydrogen (secondary N) is 1. The molecule has 0 aliphatic heterocycles. The number of rotatable bonds is 4. The van der Waals surface area contributed by atoms with Gasteiger partial charge in [0.1, 0.15) is 5.82 Å². The van der Waals surface area contributed by atoms with Crippen LogP contribution >= 0.6 is 0 Å². The van der Waals surface area contributed by atoms with Crippen molar-refractivity contribution in [3.05, 3.63) is 59.4 Å². The highest BCUT2D eigenvalue weighted by molar-refractivity contribution is 7.91. The predicted octanol–water partition coefficient (Wildman–Crippen LogP) is 2.63. The lowest BCUT2D eigenvalue weighted by molar-refractivity contribution is 0.498. The lowest BCUT2D eigenvalue weighted by atomic mass is 10.2. The summed E-state index contributed by atoms with van der Waals surface area (Å²) in [7, 11) is -4.02. The number of anilines is 2. The summed E-state index contributed by atoms with van der Waals surface area (Å²) in [6, 6.07) is 6.88. The van der Waals surface area contributed by atoms with Gasteiger partial charge in [0.05, 0.1) is 11.4 Å². The molecule has 0 amide bonds. The zero-order valence-electron chi connectivity index (χ0n) is 10.6. The van der Waals surface area contributed by atoms with E-state index >= 15 is 0 Å². The Morgan fingerprint density at radius 3 is 2.29 bits per heavy atom. The Labute approximate surface area is 119 Å². The largest absolute Gasteiger partial charge is 0.399 e. The first-order valence-electron chi connectivity index (χ1n) is 5.76. The van der Waals surface area contributed by atoms with Crippen molar-refractivity contribution in [1.82, 2.24) is 0 Å². The van der Waals surface area contributed by atoms with E-state index in [4.69, 9.17) is 5.73 Å². The summed E-state index contributed by atoms with van der Waals surface area (Å²) in [5, 5.41) is 0. The molecule has 2 rings (SSSR count). The first kappa shape index (κ1) is 15.2. The first-order chi connectivity index (χ1) is 9.77. The van der Waals surface area contributed by atoms with E-state index in [1.807, 2.05) is 4.72 Å². The van der Waals surface area contributed by atoms with Gasteiger partial charge in [-0.05, 0) is 17.7 Å². The van der Waals surface area contributed by atoms with E-state index in [2.05, 4.69) is 0 Å². The average molecular weight is 316 g/mol. The van der Waals surface area contributed by atoms with Crippen LogP contribution in [0.3, 0.4) is 0 Å². The molecule has 112 valence electrons. The van der Waals surface area contributed by atoms with Gasteiger partial charge in [-0.25, -0.2) is 21.6 Å². The third-order valence-electron chi connectivity index (χ3n) is 2.59. The molecule has 21 heavy (non-hydrogen) atoms. The highest BCUT2D eigenvalue weighted by atomic mass is 32.2. The fourth-order valence-corrected chi connectivity index (χ4v) is 2.85. The summed E-state index contributed by atoms with van der Waals surface area (Å²) in [5.74, 6) is -4.50. The zero-order valence-corrected chi connectivity index (χ0v) is 11.4. The molecule has 0 saturated heterocycles. The molecule has 0 spiro atoms. The maximum absolute atomic E-state index is 13.4. The van der Waals surface area contributed by atoms with E-state index in [0.717, 1.165) is 0 Å². The van der Waals surface area contributed by atoms with Crippen molar-refractivity contribution in [3.8, 4) is 0 Å². The van der Waals surface area contributed by atoms with Gasteiger partial charge in [0.15, 0.2) is 11.6 Å². The topological polar surface area (TPSA) is 72.2 Å². The molecule has 0 unspecified atom stereocenters. The molecule has 3 N–H and O–H groups in total. The molecule has 0 aromatic heterocycles. The third kappa shape index (κ3) is 3.88. The second-order valence-electron chi connectivity index (χ2n) is 4.35. The summed E-state index contributed by atoms with van der Waals surface area (Å²) in [4.78, 5) is 0. The van der Waals surface area contributed by atoms with Crippen molar-refractivity contribution >= 4 is 21.4 Å². The van der Waals surface area contributed by atoms with Crippen molar-refractivity contribution in [2.24, 2.45) is 0 Å². The molecular formula is C13H11F3N2O2S. The zero-order chi connectivity index (χ0) is 15.6. The molecule has 0 atom stereocenters. The smallest absolute Gasteiger partial charge is 0.237 e. The van der Waals surface area contributed by atoms with Gasteiger partial charge in [-0.3, -0.25) is 4.72 Å². The number of nitrogens with two attached hydrogens (primary N) is 1. The van der Waals surface area contributed by atoms with Crippen LogP contribution in [0.25, 0.3) is 0 Å². The Morgan fingerprint density at radius 1 is 1.05 bits per heavy atom. The molecule has 0 radical (unpaired) electrons. The van der Waals surface area contributed by atoms with Crippen LogP contribution in [-0.4, -0.2) is 8.42 Å². The van der Waals surface area contributed by atoms with E-state index < -0.39 is 38.9 Å².